The molecule has 0 amide bonds. The number of aromatic nitrogens is 2. The smallest absolute Gasteiger partial charge is 0.185 e. The fourth-order valence-corrected chi connectivity index (χ4v) is 1.17. The number of aliphatic hydroxyl groups is 1. The van der Waals surface area contributed by atoms with Gasteiger partial charge in [-0.05, 0) is 6.92 Å². The number of hydrogen-bond donors (Lipinski definition) is 1. The molecule has 0 aliphatic heterocycles. The van der Waals surface area contributed by atoms with Crippen LogP contribution in [0.5, 0.6) is 0 Å². The molecule has 1 rings (SSSR count). The van der Waals surface area contributed by atoms with Crippen LogP contribution in [-0.2, 0) is 11.3 Å². The summed E-state index contributed by atoms with van der Waals surface area (Å²) in [6, 6.07) is 2.02. The molecule has 1 unspecified atom stereocenters. The maximum Gasteiger partial charge on any atom is 0.185 e. The molecule has 0 saturated heterocycles. The van der Waals surface area contributed by atoms with Crippen molar-refractivity contribution in [2.75, 3.05) is 13.2 Å². The third kappa shape index (κ3) is 2.31. The van der Waals surface area contributed by atoms with E-state index in [9.17, 15) is 0 Å². The number of ether oxygens (including phenoxy) is 1. The molecule has 0 bridgehead atoms. The maximum absolute atomic E-state index is 8.85. The average molecular weight is 195 g/mol. The van der Waals surface area contributed by atoms with Gasteiger partial charge in [-0.15, -0.1) is 0 Å². The first-order valence-electron chi connectivity index (χ1n) is 4.45. The van der Waals surface area contributed by atoms with E-state index in [1.165, 1.54) is 0 Å². The van der Waals surface area contributed by atoms with Crippen molar-refractivity contribution < 1.29 is 9.84 Å². The highest BCUT2D eigenvalue weighted by Gasteiger charge is 2.14. The summed E-state index contributed by atoms with van der Waals surface area (Å²) in [4.78, 5) is 3.94. The molecule has 14 heavy (non-hydrogen) atoms. The predicted molar refractivity (Wildman–Crippen MR) is 49.3 cm³/mol. The van der Waals surface area contributed by atoms with Crippen LogP contribution >= 0.6 is 0 Å². The molecule has 0 fully saturated rings. The van der Waals surface area contributed by atoms with Crippen molar-refractivity contribution in [1.82, 2.24) is 9.55 Å². The number of imidazole rings is 1. The molecule has 1 aromatic heterocycles. The fourth-order valence-electron chi connectivity index (χ4n) is 1.17. The molecule has 0 radical (unpaired) electrons. The maximum atomic E-state index is 8.85. The van der Waals surface area contributed by atoms with Gasteiger partial charge in [-0.25, -0.2) is 4.98 Å². The van der Waals surface area contributed by atoms with E-state index in [1.807, 2.05) is 17.6 Å². The summed E-state index contributed by atoms with van der Waals surface area (Å²) in [5.41, 5.74) is 0.725. The first-order chi connectivity index (χ1) is 6.83. The van der Waals surface area contributed by atoms with Crippen LogP contribution in [0.25, 0.3) is 0 Å². The first kappa shape index (κ1) is 10.7. The van der Waals surface area contributed by atoms with Crippen molar-refractivity contribution in [3.05, 3.63) is 18.2 Å². The molecule has 0 aromatic carbocycles. The monoisotopic (exact) mass is 195 g/mol. The summed E-state index contributed by atoms with van der Waals surface area (Å²) in [5.74, 6) is 0. The van der Waals surface area contributed by atoms with Crippen LogP contribution in [-0.4, -0.2) is 27.9 Å². The summed E-state index contributed by atoms with van der Waals surface area (Å²) in [5, 5.41) is 17.4. The largest absolute Gasteiger partial charge is 0.394 e. The Labute approximate surface area is 82.6 Å². The van der Waals surface area contributed by atoms with Crippen LogP contribution in [0.2, 0.25) is 0 Å². The second-order valence-electron chi connectivity index (χ2n) is 2.71. The summed E-state index contributed by atoms with van der Waals surface area (Å²) in [6.45, 7) is 2.78. The third-order valence-corrected chi connectivity index (χ3v) is 1.85. The van der Waals surface area contributed by atoms with Gasteiger partial charge < -0.3 is 14.4 Å². The van der Waals surface area contributed by atoms with Gasteiger partial charge in [0.25, 0.3) is 0 Å². The zero-order chi connectivity index (χ0) is 10.4. The highest BCUT2D eigenvalue weighted by atomic mass is 16.5. The Hall–Kier alpha value is -1.38. The lowest BCUT2D eigenvalue weighted by Crippen LogP contribution is -2.10. The van der Waals surface area contributed by atoms with Crippen LogP contribution in [0.4, 0.5) is 0 Å². The molecule has 76 valence electrons. The topological polar surface area (TPSA) is 71.1 Å². The van der Waals surface area contributed by atoms with Crippen LogP contribution in [0.1, 0.15) is 18.7 Å². The minimum Gasteiger partial charge on any atom is -0.394 e. The molecular weight excluding hydrogens is 182 g/mol. The molecule has 0 spiro atoms. The minimum atomic E-state index is -0.649. The second-order valence-corrected chi connectivity index (χ2v) is 2.71. The lowest BCUT2D eigenvalue weighted by molar-refractivity contribution is 0.0543. The standard InChI is InChI=1S/C9H13N3O2/c1-2-12-7-11-6-8(12)9(5-10)14-4-3-13/h6-7,9,13H,2-4H2,1H3. The Bertz CT molecular complexity index is 316. The quantitative estimate of drug-likeness (QED) is 0.741. The fraction of sp³-hybridized carbons (Fsp3) is 0.556. The molecule has 5 nitrogen and oxygen atoms in total. The van der Waals surface area contributed by atoms with Crippen LogP contribution in [0.15, 0.2) is 12.5 Å². The Morgan fingerprint density at radius 2 is 2.57 bits per heavy atom. The normalized spacial score (nSPS) is 12.4. The van der Waals surface area contributed by atoms with Crippen molar-refractivity contribution in [2.45, 2.75) is 19.6 Å². The van der Waals surface area contributed by atoms with Crippen molar-refractivity contribution in [1.29, 1.82) is 5.26 Å². The number of aliphatic hydroxyl groups excluding tert-OH is 1. The Morgan fingerprint density at radius 1 is 1.79 bits per heavy atom. The van der Waals surface area contributed by atoms with Gasteiger partial charge in [-0.3, -0.25) is 0 Å². The van der Waals surface area contributed by atoms with E-state index in [-0.39, 0.29) is 13.2 Å². The lowest BCUT2D eigenvalue weighted by atomic mass is 10.3. The van der Waals surface area contributed by atoms with Gasteiger partial charge >= 0.3 is 0 Å². The van der Waals surface area contributed by atoms with Crippen LogP contribution in [0, 0.1) is 11.3 Å². The molecule has 0 aliphatic carbocycles. The van der Waals surface area contributed by atoms with Crippen molar-refractivity contribution in [3.63, 3.8) is 0 Å². The highest BCUT2D eigenvalue weighted by Crippen LogP contribution is 2.15. The summed E-state index contributed by atoms with van der Waals surface area (Å²) in [7, 11) is 0. The van der Waals surface area contributed by atoms with Crippen molar-refractivity contribution in [2.24, 2.45) is 0 Å². The van der Waals surface area contributed by atoms with E-state index in [4.69, 9.17) is 15.1 Å². The summed E-state index contributed by atoms with van der Waals surface area (Å²) >= 11 is 0. The van der Waals surface area contributed by atoms with Crippen molar-refractivity contribution >= 4 is 0 Å². The third-order valence-electron chi connectivity index (χ3n) is 1.85. The molecule has 5 heteroatoms. The van der Waals surface area contributed by atoms with Crippen LogP contribution < -0.4 is 0 Å². The molecular formula is C9H13N3O2. The first-order valence-corrected chi connectivity index (χ1v) is 4.45. The van der Waals surface area contributed by atoms with E-state index >= 15 is 0 Å². The van der Waals surface area contributed by atoms with E-state index in [0.717, 1.165) is 12.2 Å². The van der Waals surface area contributed by atoms with E-state index in [1.54, 1.807) is 12.5 Å². The lowest BCUT2D eigenvalue weighted by Gasteiger charge is -2.11. The Kier molecular flexibility index (Phi) is 4.11. The van der Waals surface area contributed by atoms with Gasteiger partial charge in [0.05, 0.1) is 31.4 Å². The second kappa shape index (κ2) is 5.37. The average Bonchev–Trinajstić information content (AvgIpc) is 2.67. The van der Waals surface area contributed by atoms with Gasteiger partial charge in [0.2, 0.25) is 0 Å². The van der Waals surface area contributed by atoms with E-state index in [0.29, 0.717) is 0 Å². The molecule has 0 aliphatic rings. The molecule has 1 atom stereocenters. The molecule has 1 heterocycles. The SMILES string of the molecule is CCn1cncc1C(C#N)OCCO. The van der Waals surface area contributed by atoms with E-state index < -0.39 is 6.10 Å². The Morgan fingerprint density at radius 3 is 3.14 bits per heavy atom. The predicted octanol–water partition coefficient (Wildman–Crippen LogP) is 0.477. The number of aryl methyl sites for hydroxylation is 1. The molecule has 0 saturated carbocycles. The number of nitriles is 1. The molecule has 1 N–H and O–H groups in total. The van der Waals surface area contributed by atoms with Gasteiger partial charge in [-0.2, -0.15) is 5.26 Å². The van der Waals surface area contributed by atoms with Gasteiger partial charge in [0, 0.05) is 6.54 Å². The van der Waals surface area contributed by atoms with E-state index in [2.05, 4.69) is 4.98 Å². The van der Waals surface area contributed by atoms with Gasteiger partial charge in [0.15, 0.2) is 6.10 Å². The minimum absolute atomic E-state index is 0.0849. The summed E-state index contributed by atoms with van der Waals surface area (Å²) in [6.07, 6.45) is 2.61. The number of nitrogens with zero attached hydrogens (tertiary/aromatic N) is 3. The van der Waals surface area contributed by atoms with Crippen LogP contribution in [0.3, 0.4) is 0 Å². The number of hydrogen-bond acceptors (Lipinski definition) is 4. The highest BCUT2D eigenvalue weighted by molar-refractivity contribution is 5.10. The zero-order valence-corrected chi connectivity index (χ0v) is 8.05. The Balaban J connectivity index is 2.74. The molecule has 1 aromatic rings. The zero-order valence-electron chi connectivity index (χ0n) is 8.05. The number of rotatable bonds is 5. The van der Waals surface area contributed by atoms with Crippen molar-refractivity contribution in [3.8, 4) is 6.07 Å². The van der Waals surface area contributed by atoms with Gasteiger partial charge in [-0.1, -0.05) is 0 Å². The summed E-state index contributed by atoms with van der Waals surface area (Å²) < 4.78 is 6.99. The van der Waals surface area contributed by atoms with Gasteiger partial charge in [0.1, 0.15) is 6.07 Å².